The molecule has 4 aromatic carbocycles. The maximum Gasteiger partial charge on any atom is 0.425 e. The second-order valence-electron chi connectivity index (χ2n) is 6.17. The van der Waals surface area contributed by atoms with Crippen LogP contribution in [0.3, 0.4) is 0 Å². The largest absolute Gasteiger partial charge is 0.505 e. The van der Waals surface area contributed by atoms with Crippen LogP contribution in [0.5, 0.6) is 5.75 Å². The molecular formula is C20H14N2O7S2. The summed E-state index contributed by atoms with van der Waals surface area (Å²) in [5, 5.41) is 21.1. The SMILES string of the molecule is O=S(=O)(O)c1cc(N=Nc2cccc3ccccc23)c(O)c2ccccc12.O=S(=O)=O. The van der Waals surface area contributed by atoms with Crippen LogP contribution in [0.25, 0.3) is 21.5 Å². The van der Waals surface area contributed by atoms with Crippen LogP contribution in [0.15, 0.2) is 87.9 Å². The fourth-order valence-electron chi connectivity index (χ4n) is 3.01. The van der Waals surface area contributed by atoms with E-state index in [2.05, 4.69) is 10.2 Å². The fraction of sp³-hybridized carbons (Fsp3) is 0. The Kier molecular flexibility index (Phi) is 6.39. The first-order valence-electron chi connectivity index (χ1n) is 8.57. The van der Waals surface area contributed by atoms with Gasteiger partial charge in [-0.2, -0.15) is 8.42 Å². The minimum absolute atomic E-state index is 0.0470. The van der Waals surface area contributed by atoms with Crippen molar-refractivity contribution in [1.82, 2.24) is 0 Å². The number of fused-ring (bicyclic) bond motifs is 2. The first-order chi connectivity index (χ1) is 14.7. The van der Waals surface area contributed by atoms with Crippen molar-refractivity contribution < 1.29 is 30.7 Å². The number of nitrogens with zero attached hydrogens (tertiary/aromatic N) is 2. The van der Waals surface area contributed by atoms with Crippen molar-refractivity contribution in [2.24, 2.45) is 10.2 Å². The molecule has 4 rings (SSSR count). The fourth-order valence-corrected chi connectivity index (χ4v) is 3.72. The van der Waals surface area contributed by atoms with Gasteiger partial charge in [0.2, 0.25) is 0 Å². The molecule has 0 amide bonds. The summed E-state index contributed by atoms with van der Waals surface area (Å²) in [6.07, 6.45) is 0. The quantitative estimate of drug-likeness (QED) is 0.342. The Morgan fingerprint density at radius 2 is 1.23 bits per heavy atom. The summed E-state index contributed by atoms with van der Waals surface area (Å²) >= 11 is 0. The first kappa shape index (κ1) is 22.0. The van der Waals surface area contributed by atoms with Crippen LogP contribution in [-0.4, -0.2) is 30.7 Å². The molecule has 9 nitrogen and oxygen atoms in total. The van der Waals surface area contributed by atoms with Gasteiger partial charge in [0, 0.05) is 16.2 Å². The van der Waals surface area contributed by atoms with Gasteiger partial charge in [0.25, 0.3) is 10.1 Å². The Hall–Kier alpha value is -3.67. The zero-order valence-corrected chi connectivity index (χ0v) is 17.2. The maximum absolute atomic E-state index is 11.8. The van der Waals surface area contributed by atoms with Crippen molar-refractivity contribution in [2.45, 2.75) is 4.90 Å². The molecule has 0 aliphatic heterocycles. The van der Waals surface area contributed by atoms with Crippen LogP contribution in [0.2, 0.25) is 0 Å². The molecule has 0 saturated carbocycles. The van der Waals surface area contributed by atoms with E-state index in [1.807, 2.05) is 36.4 Å². The van der Waals surface area contributed by atoms with Gasteiger partial charge in [-0.25, -0.2) is 0 Å². The number of hydrogen-bond donors (Lipinski definition) is 2. The van der Waals surface area contributed by atoms with Crippen molar-refractivity contribution in [1.29, 1.82) is 0 Å². The molecule has 0 atom stereocenters. The van der Waals surface area contributed by atoms with E-state index in [4.69, 9.17) is 12.6 Å². The zero-order valence-electron chi connectivity index (χ0n) is 15.6. The van der Waals surface area contributed by atoms with Gasteiger partial charge in [-0.05, 0) is 17.5 Å². The lowest BCUT2D eigenvalue weighted by Gasteiger charge is -2.08. The highest BCUT2D eigenvalue weighted by Crippen LogP contribution is 2.40. The number of azo groups is 1. The van der Waals surface area contributed by atoms with Gasteiger partial charge in [-0.15, -0.1) is 22.9 Å². The third kappa shape index (κ3) is 5.09. The number of phenols is 1. The lowest BCUT2D eigenvalue weighted by atomic mass is 10.1. The Balaban J connectivity index is 0.000000628. The second-order valence-corrected chi connectivity index (χ2v) is 7.96. The minimum atomic E-state index is -4.50. The summed E-state index contributed by atoms with van der Waals surface area (Å²) in [4.78, 5) is -0.331. The normalized spacial score (nSPS) is 11.4. The van der Waals surface area contributed by atoms with Gasteiger partial charge >= 0.3 is 10.6 Å². The van der Waals surface area contributed by atoms with Crippen molar-refractivity contribution in [3.05, 3.63) is 72.8 Å². The minimum Gasteiger partial charge on any atom is -0.505 e. The van der Waals surface area contributed by atoms with Crippen molar-refractivity contribution in [3.63, 3.8) is 0 Å². The molecular weight excluding hydrogens is 444 g/mol. The Morgan fingerprint density at radius 1 is 0.710 bits per heavy atom. The van der Waals surface area contributed by atoms with Crippen molar-refractivity contribution >= 4 is 53.6 Å². The van der Waals surface area contributed by atoms with Crippen LogP contribution in [-0.2, 0) is 20.7 Å². The topological polar surface area (TPSA) is 151 Å². The summed E-state index contributed by atoms with van der Waals surface area (Å²) in [5.74, 6) is -0.206. The van der Waals surface area contributed by atoms with E-state index in [0.29, 0.717) is 5.69 Å². The van der Waals surface area contributed by atoms with E-state index in [0.717, 1.165) is 16.8 Å². The third-order valence-corrected chi connectivity index (χ3v) is 5.16. The lowest BCUT2D eigenvalue weighted by Crippen LogP contribution is -1.99. The molecule has 31 heavy (non-hydrogen) atoms. The second kappa shape index (κ2) is 9.00. The van der Waals surface area contributed by atoms with Crippen LogP contribution in [0, 0.1) is 0 Å². The first-order valence-corrected chi connectivity index (χ1v) is 11.0. The van der Waals surface area contributed by atoms with Crippen molar-refractivity contribution in [2.75, 3.05) is 0 Å². The van der Waals surface area contributed by atoms with Gasteiger partial charge < -0.3 is 5.11 Å². The van der Waals surface area contributed by atoms with Gasteiger partial charge in [0.15, 0.2) is 5.75 Å². The predicted octanol–water partition coefficient (Wildman–Crippen LogP) is 4.36. The van der Waals surface area contributed by atoms with E-state index in [9.17, 15) is 18.1 Å². The summed E-state index contributed by atoms with van der Waals surface area (Å²) in [6.45, 7) is 0. The van der Waals surface area contributed by atoms with E-state index >= 15 is 0 Å². The van der Waals surface area contributed by atoms with Crippen LogP contribution in [0.1, 0.15) is 0 Å². The summed E-state index contributed by atoms with van der Waals surface area (Å²) in [5.41, 5.74) is 0.531. The molecule has 158 valence electrons. The number of hydrogen-bond acceptors (Lipinski definition) is 8. The van der Waals surface area contributed by atoms with Crippen LogP contribution in [0.4, 0.5) is 11.4 Å². The van der Waals surface area contributed by atoms with Gasteiger partial charge in [-0.3, -0.25) is 4.55 Å². The summed E-state index contributed by atoms with van der Waals surface area (Å²) in [7, 11) is -7.61. The zero-order chi connectivity index (χ0) is 22.6. The van der Waals surface area contributed by atoms with Crippen molar-refractivity contribution in [3.8, 4) is 5.75 Å². The lowest BCUT2D eigenvalue weighted by molar-refractivity contribution is 0.479. The van der Waals surface area contributed by atoms with Crippen LogP contribution < -0.4 is 0 Å². The molecule has 11 heteroatoms. The molecule has 0 fully saturated rings. The highest BCUT2D eigenvalue weighted by molar-refractivity contribution is 7.86. The standard InChI is InChI=1S/C20H14N2O4S.O3S/c23-20-16-10-4-3-9-15(16)19(27(24,25)26)12-18(20)22-21-17-11-5-7-13-6-1-2-8-14(13)17;1-4(2)3/h1-12,23H,(H,24,25,26);. The Bertz CT molecular complexity index is 1520. The molecule has 0 radical (unpaired) electrons. The molecule has 0 bridgehead atoms. The van der Waals surface area contributed by atoms with Gasteiger partial charge in [0.05, 0.1) is 5.69 Å². The molecule has 4 aromatic rings. The van der Waals surface area contributed by atoms with Gasteiger partial charge in [0.1, 0.15) is 10.6 Å². The molecule has 0 aromatic heterocycles. The molecule has 0 spiro atoms. The highest BCUT2D eigenvalue weighted by atomic mass is 32.2. The monoisotopic (exact) mass is 458 g/mol. The van der Waals surface area contributed by atoms with E-state index in [1.54, 1.807) is 24.3 Å². The number of rotatable bonds is 3. The molecule has 0 saturated heterocycles. The summed E-state index contributed by atoms with van der Waals surface area (Å²) in [6, 6.07) is 20.6. The molecule has 2 N–H and O–H groups in total. The number of benzene rings is 4. The van der Waals surface area contributed by atoms with Crippen LogP contribution >= 0.6 is 0 Å². The summed E-state index contributed by atoms with van der Waals surface area (Å²) < 4.78 is 58.4. The van der Waals surface area contributed by atoms with Gasteiger partial charge in [-0.1, -0.05) is 60.7 Å². The average molecular weight is 458 g/mol. The molecule has 0 heterocycles. The molecule has 0 unspecified atom stereocenters. The van der Waals surface area contributed by atoms with E-state index in [-0.39, 0.29) is 27.1 Å². The maximum atomic E-state index is 11.8. The predicted molar refractivity (Wildman–Crippen MR) is 113 cm³/mol. The Labute approximate surface area is 178 Å². The Morgan fingerprint density at radius 3 is 1.87 bits per heavy atom. The highest BCUT2D eigenvalue weighted by Gasteiger charge is 2.19. The molecule has 0 aliphatic carbocycles. The van der Waals surface area contributed by atoms with E-state index < -0.39 is 20.7 Å². The number of aromatic hydroxyl groups is 1. The average Bonchev–Trinajstić information content (AvgIpc) is 2.72. The molecule has 0 aliphatic rings. The smallest absolute Gasteiger partial charge is 0.425 e. The number of phenolic OH excluding ortho intramolecular Hbond substituents is 1. The third-order valence-electron chi connectivity index (χ3n) is 4.27. The van der Waals surface area contributed by atoms with E-state index in [1.165, 1.54) is 6.07 Å².